The molecule has 0 amide bonds. The first-order chi connectivity index (χ1) is 12.6. The number of aryl methyl sites for hydroxylation is 2. The van der Waals surface area contributed by atoms with E-state index in [9.17, 15) is 13.2 Å². The second kappa shape index (κ2) is 8.70. The Morgan fingerprint density at radius 2 is 1.62 bits per heavy atom. The lowest BCUT2D eigenvalue weighted by Gasteiger charge is -2.29. The van der Waals surface area contributed by atoms with Gasteiger partial charge in [-0.05, 0) is 74.0 Å². The molecule has 0 N–H and O–H groups in total. The van der Waals surface area contributed by atoms with Gasteiger partial charge >= 0.3 is 0 Å². The lowest BCUT2D eigenvalue weighted by atomic mass is 9.77. The van der Waals surface area contributed by atoms with Crippen LogP contribution in [0.15, 0.2) is 30.3 Å². The number of benzene rings is 1. The monoisotopic (exact) mass is 361 g/mol. The van der Waals surface area contributed by atoms with Crippen molar-refractivity contribution < 1.29 is 13.2 Å². The molecule has 140 valence electrons. The van der Waals surface area contributed by atoms with E-state index in [4.69, 9.17) is 0 Å². The van der Waals surface area contributed by atoms with E-state index in [2.05, 4.69) is 36.2 Å². The zero-order chi connectivity index (χ0) is 18.5. The minimum atomic E-state index is -1.36. The van der Waals surface area contributed by atoms with Gasteiger partial charge in [0.2, 0.25) is 5.95 Å². The van der Waals surface area contributed by atoms with Crippen LogP contribution in [0.5, 0.6) is 0 Å². The van der Waals surface area contributed by atoms with Crippen molar-refractivity contribution in [2.75, 3.05) is 0 Å². The zero-order valence-electron chi connectivity index (χ0n) is 15.3. The standard InChI is InChI=1S/C22H26F3N/c1-2-3-15-4-9-17(10-5-15)18-11-6-16(7-12-18)8-13-19-14-20(23)22(25)26-21(19)24/h4-5,9-10,14,16,18H,2-3,6-8,11-13H2,1H3/t16-,18-. The number of pyridine rings is 1. The molecule has 0 aliphatic heterocycles. The number of hydrogen-bond acceptors (Lipinski definition) is 1. The normalized spacial score (nSPS) is 20.3. The van der Waals surface area contributed by atoms with Crippen LogP contribution in [0.3, 0.4) is 0 Å². The Morgan fingerprint density at radius 1 is 0.923 bits per heavy atom. The lowest BCUT2D eigenvalue weighted by molar-refractivity contribution is 0.308. The number of halogens is 3. The first-order valence-electron chi connectivity index (χ1n) is 9.66. The van der Waals surface area contributed by atoms with Crippen molar-refractivity contribution >= 4 is 0 Å². The van der Waals surface area contributed by atoms with Crippen LogP contribution in [0.2, 0.25) is 0 Å². The van der Waals surface area contributed by atoms with Crippen LogP contribution in [-0.4, -0.2) is 4.98 Å². The predicted molar refractivity (Wildman–Crippen MR) is 97.6 cm³/mol. The molecule has 26 heavy (non-hydrogen) atoms. The van der Waals surface area contributed by atoms with Crippen molar-refractivity contribution in [3.8, 4) is 0 Å². The molecule has 1 fully saturated rings. The van der Waals surface area contributed by atoms with Crippen molar-refractivity contribution in [2.45, 2.75) is 64.2 Å². The summed E-state index contributed by atoms with van der Waals surface area (Å²) in [5.41, 5.74) is 2.99. The number of nitrogens with zero attached hydrogens (tertiary/aromatic N) is 1. The van der Waals surface area contributed by atoms with E-state index in [0.717, 1.165) is 44.6 Å². The third-order valence-electron chi connectivity index (χ3n) is 5.62. The summed E-state index contributed by atoms with van der Waals surface area (Å²) in [6, 6.07) is 9.95. The second-order valence-corrected chi connectivity index (χ2v) is 7.46. The average Bonchev–Trinajstić information content (AvgIpc) is 2.65. The molecule has 1 aliphatic rings. The summed E-state index contributed by atoms with van der Waals surface area (Å²) in [5.74, 6) is -2.21. The third kappa shape index (κ3) is 4.66. The minimum absolute atomic E-state index is 0.178. The van der Waals surface area contributed by atoms with E-state index < -0.39 is 17.7 Å². The summed E-state index contributed by atoms with van der Waals surface area (Å²) in [6.45, 7) is 2.19. The van der Waals surface area contributed by atoms with E-state index in [1.54, 1.807) is 0 Å². The van der Waals surface area contributed by atoms with Crippen molar-refractivity contribution in [2.24, 2.45) is 5.92 Å². The van der Waals surface area contributed by atoms with Crippen LogP contribution in [-0.2, 0) is 12.8 Å². The molecule has 3 rings (SSSR count). The fourth-order valence-electron chi connectivity index (χ4n) is 4.05. The van der Waals surface area contributed by atoms with Crippen molar-refractivity contribution in [3.63, 3.8) is 0 Å². The van der Waals surface area contributed by atoms with Gasteiger partial charge in [-0.2, -0.15) is 13.8 Å². The summed E-state index contributed by atoms with van der Waals surface area (Å²) < 4.78 is 39.8. The Balaban J connectivity index is 1.50. The van der Waals surface area contributed by atoms with E-state index >= 15 is 0 Å². The van der Waals surface area contributed by atoms with Crippen LogP contribution in [0.4, 0.5) is 13.2 Å². The van der Waals surface area contributed by atoms with E-state index in [-0.39, 0.29) is 5.56 Å². The average molecular weight is 361 g/mol. The van der Waals surface area contributed by atoms with Crippen molar-refractivity contribution in [1.29, 1.82) is 0 Å². The van der Waals surface area contributed by atoms with Gasteiger partial charge < -0.3 is 0 Å². The molecule has 1 aromatic heterocycles. The van der Waals surface area contributed by atoms with Gasteiger partial charge in [-0.25, -0.2) is 4.39 Å². The van der Waals surface area contributed by atoms with Crippen LogP contribution < -0.4 is 0 Å². The van der Waals surface area contributed by atoms with E-state index in [1.165, 1.54) is 17.5 Å². The van der Waals surface area contributed by atoms with Gasteiger partial charge in [-0.3, -0.25) is 0 Å². The molecule has 1 heterocycles. The van der Waals surface area contributed by atoms with Crippen LogP contribution >= 0.6 is 0 Å². The maximum absolute atomic E-state index is 13.6. The van der Waals surface area contributed by atoms with Gasteiger partial charge in [0.25, 0.3) is 5.95 Å². The number of rotatable bonds is 6. The highest BCUT2D eigenvalue weighted by atomic mass is 19.2. The largest absolute Gasteiger partial charge is 0.251 e. The first-order valence-corrected chi connectivity index (χ1v) is 9.66. The summed E-state index contributed by atoms with van der Waals surface area (Å²) in [7, 11) is 0. The quantitative estimate of drug-likeness (QED) is 0.546. The molecular formula is C22H26F3N. The molecule has 0 saturated heterocycles. The fraction of sp³-hybridized carbons (Fsp3) is 0.500. The third-order valence-corrected chi connectivity index (χ3v) is 5.62. The van der Waals surface area contributed by atoms with E-state index in [0.29, 0.717) is 18.3 Å². The SMILES string of the molecule is CCCc1ccc([C@H]2CC[C@H](CCc3cc(F)c(F)nc3F)CC2)cc1. The molecule has 0 unspecified atom stereocenters. The van der Waals surface area contributed by atoms with Gasteiger partial charge in [0, 0.05) is 5.56 Å². The molecule has 0 spiro atoms. The van der Waals surface area contributed by atoms with Gasteiger partial charge in [-0.1, -0.05) is 37.6 Å². The van der Waals surface area contributed by atoms with Gasteiger partial charge in [0.1, 0.15) is 0 Å². The molecule has 1 aromatic carbocycles. The molecule has 4 heteroatoms. The van der Waals surface area contributed by atoms with Crippen molar-refractivity contribution in [1.82, 2.24) is 4.98 Å². The highest BCUT2D eigenvalue weighted by Crippen LogP contribution is 2.37. The van der Waals surface area contributed by atoms with Crippen LogP contribution in [0.1, 0.15) is 68.1 Å². The highest BCUT2D eigenvalue weighted by molar-refractivity contribution is 5.26. The van der Waals surface area contributed by atoms with E-state index in [1.807, 2.05) is 0 Å². The summed E-state index contributed by atoms with van der Waals surface area (Å²) in [4.78, 5) is 3.00. The second-order valence-electron chi connectivity index (χ2n) is 7.46. The Hall–Kier alpha value is -1.84. The highest BCUT2D eigenvalue weighted by Gasteiger charge is 2.23. The topological polar surface area (TPSA) is 12.9 Å². The summed E-state index contributed by atoms with van der Waals surface area (Å²) in [5, 5.41) is 0. The molecule has 0 radical (unpaired) electrons. The fourth-order valence-corrected chi connectivity index (χ4v) is 4.05. The predicted octanol–water partition coefficient (Wildman–Crippen LogP) is 6.36. The van der Waals surface area contributed by atoms with Crippen LogP contribution in [0.25, 0.3) is 0 Å². The molecule has 1 saturated carbocycles. The molecule has 1 nitrogen and oxygen atoms in total. The molecule has 0 bridgehead atoms. The molecule has 1 aliphatic carbocycles. The number of hydrogen-bond donors (Lipinski definition) is 0. The number of aromatic nitrogens is 1. The summed E-state index contributed by atoms with van der Waals surface area (Å²) in [6.07, 6.45) is 7.97. The van der Waals surface area contributed by atoms with Gasteiger partial charge in [-0.15, -0.1) is 0 Å². The first kappa shape index (κ1) is 18.9. The Bertz CT molecular complexity index is 719. The smallest absolute Gasteiger partial charge is 0.202 e. The molecule has 2 aromatic rings. The van der Waals surface area contributed by atoms with Crippen LogP contribution in [0, 0.1) is 23.6 Å². The lowest BCUT2D eigenvalue weighted by Crippen LogP contribution is -2.14. The summed E-state index contributed by atoms with van der Waals surface area (Å²) >= 11 is 0. The maximum Gasteiger partial charge on any atom is 0.251 e. The van der Waals surface area contributed by atoms with Gasteiger partial charge in [0.05, 0.1) is 0 Å². The van der Waals surface area contributed by atoms with Gasteiger partial charge in [0.15, 0.2) is 5.82 Å². The Morgan fingerprint density at radius 3 is 2.27 bits per heavy atom. The minimum Gasteiger partial charge on any atom is -0.202 e. The maximum atomic E-state index is 13.6. The Kier molecular flexibility index (Phi) is 6.33. The zero-order valence-corrected chi connectivity index (χ0v) is 15.3. The van der Waals surface area contributed by atoms with Crippen molar-refractivity contribution in [3.05, 3.63) is 64.7 Å². The molecule has 0 atom stereocenters. The molecular weight excluding hydrogens is 335 g/mol. The Labute approximate surface area is 153 Å².